The molecule has 0 spiro atoms. The second-order valence-corrected chi connectivity index (χ2v) is 2.70. The number of hydrogen-bond acceptors (Lipinski definition) is 2. The molecule has 0 saturated carbocycles. The molecule has 0 bridgehead atoms. The van der Waals surface area contributed by atoms with Gasteiger partial charge < -0.3 is 10.5 Å². The third-order valence-electron chi connectivity index (χ3n) is 1.35. The summed E-state index contributed by atoms with van der Waals surface area (Å²) in [6.45, 7) is 6.27. The molecule has 0 rings (SSSR count). The van der Waals surface area contributed by atoms with Gasteiger partial charge in [0.05, 0.1) is 0 Å². The van der Waals surface area contributed by atoms with Gasteiger partial charge in [0.1, 0.15) is 5.76 Å². The number of ether oxygens (including phenoxy) is 1. The molecule has 0 heterocycles. The number of allylic oxidation sites excluding steroid dienone is 4. The van der Waals surface area contributed by atoms with Crippen molar-refractivity contribution in [2.75, 3.05) is 0 Å². The molecule has 0 atom stereocenters. The molecule has 2 nitrogen and oxygen atoms in total. The highest BCUT2D eigenvalue weighted by Gasteiger charge is 2.30. The molecule has 5 heteroatoms. The molecule has 14 heavy (non-hydrogen) atoms. The van der Waals surface area contributed by atoms with Crippen LogP contribution in [0.5, 0.6) is 0 Å². The van der Waals surface area contributed by atoms with E-state index in [9.17, 15) is 13.2 Å². The molecule has 0 aliphatic rings. The normalized spacial score (nSPS) is 14.1. The van der Waals surface area contributed by atoms with Crippen LogP contribution in [0.25, 0.3) is 0 Å². The lowest BCUT2D eigenvalue weighted by molar-refractivity contribution is -0.305. The lowest BCUT2D eigenvalue weighted by Crippen LogP contribution is -2.11. The maximum Gasteiger partial charge on any atom is 0.572 e. The van der Waals surface area contributed by atoms with Crippen molar-refractivity contribution in [3.05, 3.63) is 35.8 Å². The summed E-state index contributed by atoms with van der Waals surface area (Å²) in [6, 6.07) is 0. The quantitative estimate of drug-likeness (QED) is 0.570. The van der Waals surface area contributed by atoms with E-state index in [0.29, 0.717) is 11.3 Å². The number of alkyl halides is 3. The van der Waals surface area contributed by atoms with Gasteiger partial charge in [-0.2, -0.15) is 0 Å². The molecular formula is C9H12F3NO. The summed E-state index contributed by atoms with van der Waals surface area (Å²) in [7, 11) is 0. The monoisotopic (exact) mass is 207 g/mol. The zero-order valence-electron chi connectivity index (χ0n) is 7.98. The number of halogens is 3. The first-order chi connectivity index (χ1) is 6.22. The average Bonchev–Trinajstić information content (AvgIpc) is 1.96. The maximum atomic E-state index is 11.7. The van der Waals surface area contributed by atoms with E-state index >= 15 is 0 Å². The minimum absolute atomic E-state index is 0.252. The van der Waals surface area contributed by atoms with Crippen LogP contribution in [-0.4, -0.2) is 6.36 Å². The van der Waals surface area contributed by atoms with E-state index in [2.05, 4.69) is 11.3 Å². The lowest BCUT2D eigenvalue weighted by atomic mass is 10.2. The van der Waals surface area contributed by atoms with Crippen LogP contribution in [0.2, 0.25) is 0 Å². The SMILES string of the molecule is C=C(N)/C(C)=C/C=C(\C)OC(F)(F)F. The van der Waals surface area contributed by atoms with Crippen molar-refractivity contribution in [1.29, 1.82) is 0 Å². The third kappa shape index (κ3) is 6.16. The van der Waals surface area contributed by atoms with Gasteiger partial charge in [-0.25, -0.2) is 0 Å². The Morgan fingerprint density at radius 3 is 2.14 bits per heavy atom. The molecule has 0 aromatic heterocycles. The summed E-state index contributed by atoms with van der Waals surface area (Å²) in [5.74, 6) is -0.252. The average molecular weight is 207 g/mol. The van der Waals surface area contributed by atoms with Crippen molar-refractivity contribution in [1.82, 2.24) is 0 Å². The Bertz CT molecular complexity index is 276. The summed E-state index contributed by atoms with van der Waals surface area (Å²) in [6.07, 6.45) is -2.06. The Morgan fingerprint density at radius 1 is 1.29 bits per heavy atom. The Balaban J connectivity index is 4.40. The molecule has 0 aromatic carbocycles. The number of rotatable bonds is 3. The Labute approximate surface area is 80.5 Å². The highest BCUT2D eigenvalue weighted by atomic mass is 19.4. The first-order valence-corrected chi connectivity index (χ1v) is 3.78. The summed E-state index contributed by atoms with van der Waals surface area (Å²) in [4.78, 5) is 0. The molecule has 0 aliphatic carbocycles. The van der Waals surface area contributed by atoms with E-state index in [-0.39, 0.29) is 5.76 Å². The molecule has 0 fully saturated rings. The van der Waals surface area contributed by atoms with E-state index in [1.165, 1.54) is 19.1 Å². The van der Waals surface area contributed by atoms with Gasteiger partial charge in [0.2, 0.25) is 0 Å². The van der Waals surface area contributed by atoms with Crippen LogP contribution in [0.4, 0.5) is 13.2 Å². The fourth-order valence-corrected chi connectivity index (χ4v) is 0.566. The van der Waals surface area contributed by atoms with Crippen molar-refractivity contribution in [3.8, 4) is 0 Å². The van der Waals surface area contributed by atoms with E-state index in [1.807, 2.05) is 0 Å². The predicted molar refractivity (Wildman–Crippen MR) is 48.0 cm³/mol. The second-order valence-electron chi connectivity index (χ2n) is 2.70. The smallest absolute Gasteiger partial charge is 0.411 e. The van der Waals surface area contributed by atoms with E-state index in [4.69, 9.17) is 5.73 Å². The van der Waals surface area contributed by atoms with Crippen molar-refractivity contribution < 1.29 is 17.9 Å². The van der Waals surface area contributed by atoms with Crippen LogP contribution >= 0.6 is 0 Å². The summed E-state index contributed by atoms with van der Waals surface area (Å²) >= 11 is 0. The van der Waals surface area contributed by atoms with Crippen LogP contribution < -0.4 is 5.73 Å². The van der Waals surface area contributed by atoms with Crippen molar-refractivity contribution in [3.63, 3.8) is 0 Å². The van der Waals surface area contributed by atoms with Crippen molar-refractivity contribution in [2.45, 2.75) is 20.2 Å². The largest absolute Gasteiger partial charge is 0.572 e. The topological polar surface area (TPSA) is 35.2 Å². The Morgan fingerprint density at radius 2 is 1.79 bits per heavy atom. The van der Waals surface area contributed by atoms with Gasteiger partial charge in [-0.05, 0) is 25.5 Å². The Hall–Kier alpha value is -1.39. The zero-order valence-corrected chi connectivity index (χ0v) is 7.98. The standard InChI is InChI=1S/C9H12F3NO/c1-6(8(3)13)4-5-7(2)14-9(10,11)12/h4-5H,3,13H2,1-2H3/b6-4+,7-5+. The minimum Gasteiger partial charge on any atom is -0.411 e. The van der Waals surface area contributed by atoms with Gasteiger partial charge in [0.15, 0.2) is 0 Å². The van der Waals surface area contributed by atoms with Gasteiger partial charge >= 0.3 is 6.36 Å². The summed E-state index contributed by atoms with van der Waals surface area (Å²) < 4.78 is 38.6. The summed E-state index contributed by atoms with van der Waals surface area (Å²) in [5.41, 5.74) is 6.19. The van der Waals surface area contributed by atoms with E-state index in [1.54, 1.807) is 6.92 Å². The van der Waals surface area contributed by atoms with Crippen molar-refractivity contribution in [2.24, 2.45) is 5.73 Å². The summed E-state index contributed by atoms with van der Waals surface area (Å²) in [5, 5.41) is 0. The van der Waals surface area contributed by atoms with Crippen LogP contribution in [-0.2, 0) is 4.74 Å². The zero-order chi connectivity index (χ0) is 11.4. The van der Waals surface area contributed by atoms with Crippen LogP contribution in [0.3, 0.4) is 0 Å². The molecule has 0 radical (unpaired) electrons. The maximum absolute atomic E-state index is 11.7. The van der Waals surface area contributed by atoms with Gasteiger partial charge in [-0.15, -0.1) is 13.2 Å². The lowest BCUT2D eigenvalue weighted by Gasteiger charge is -2.07. The third-order valence-corrected chi connectivity index (χ3v) is 1.35. The van der Waals surface area contributed by atoms with Gasteiger partial charge in [-0.1, -0.05) is 12.7 Å². The highest BCUT2D eigenvalue weighted by molar-refractivity contribution is 5.27. The van der Waals surface area contributed by atoms with Crippen LogP contribution in [0.1, 0.15) is 13.8 Å². The van der Waals surface area contributed by atoms with Gasteiger partial charge in [-0.3, -0.25) is 0 Å². The number of hydrogen-bond donors (Lipinski definition) is 1. The first kappa shape index (κ1) is 12.6. The van der Waals surface area contributed by atoms with Crippen LogP contribution in [0.15, 0.2) is 35.8 Å². The second kappa shape index (κ2) is 4.74. The molecule has 80 valence electrons. The van der Waals surface area contributed by atoms with Crippen LogP contribution in [0, 0.1) is 0 Å². The fraction of sp³-hybridized carbons (Fsp3) is 0.333. The van der Waals surface area contributed by atoms with Gasteiger partial charge in [0, 0.05) is 5.70 Å². The molecule has 0 saturated heterocycles. The predicted octanol–water partition coefficient (Wildman–Crippen LogP) is 2.85. The van der Waals surface area contributed by atoms with Gasteiger partial charge in [0.25, 0.3) is 0 Å². The molecule has 2 N–H and O–H groups in total. The van der Waals surface area contributed by atoms with E-state index in [0.717, 1.165) is 0 Å². The molecule has 0 amide bonds. The minimum atomic E-state index is -4.65. The Kier molecular flexibility index (Phi) is 4.27. The molecule has 0 aliphatic heterocycles. The fourth-order valence-electron chi connectivity index (χ4n) is 0.566. The number of nitrogens with two attached hydrogens (primary N) is 1. The van der Waals surface area contributed by atoms with Crippen molar-refractivity contribution >= 4 is 0 Å². The molecular weight excluding hydrogens is 195 g/mol. The highest BCUT2D eigenvalue weighted by Crippen LogP contribution is 2.20. The van der Waals surface area contributed by atoms with E-state index < -0.39 is 6.36 Å². The first-order valence-electron chi connectivity index (χ1n) is 3.78. The molecule has 0 aromatic rings. The molecule has 0 unspecified atom stereocenters.